The average molecular weight is 375 g/mol. The van der Waals surface area contributed by atoms with Crippen molar-refractivity contribution >= 4 is 35.3 Å². The number of rotatable bonds is 13. The third-order valence-corrected chi connectivity index (χ3v) is 4.64. The molecule has 6 N–H and O–H groups in total. The third-order valence-electron chi connectivity index (χ3n) is 3.61. The van der Waals surface area contributed by atoms with Gasteiger partial charge in [-0.2, -0.15) is 0 Å². The van der Waals surface area contributed by atoms with Crippen LogP contribution in [0.4, 0.5) is 0 Å². The summed E-state index contributed by atoms with van der Waals surface area (Å²) in [5.41, 5.74) is 10.8. The molecule has 0 bridgehead atoms. The fourth-order valence-corrected chi connectivity index (χ4v) is 2.85. The summed E-state index contributed by atoms with van der Waals surface area (Å²) in [7, 11) is 1.66. The largest absolute Gasteiger partial charge is 0.368 e. The Morgan fingerprint density at radius 1 is 1.16 bits per heavy atom. The van der Waals surface area contributed by atoms with E-state index in [1.807, 2.05) is 13.8 Å². The number of hydrogen-bond donors (Lipinski definition) is 5. The molecule has 144 valence electrons. The molecule has 0 aliphatic heterocycles. The molecule has 0 unspecified atom stereocenters. The van der Waals surface area contributed by atoms with Crippen LogP contribution in [0.25, 0.3) is 0 Å². The van der Waals surface area contributed by atoms with E-state index in [0.717, 1.165) is 0 Å². The Morgan fingerprint density at radius 3 is 2.28 bits per heavy atom. The first-order valence-electron chi connectivity index (χ1n) is 8.08. The highest BCUT2D eigenvalue weighted by Gasteiger charge is 2.23. The summed E-state index contributed by atoms with van der Waals surface area (Å²) in [4.78, 5) is 46.3. The molecule has 0 rings (SSSR count). The van der Waals surface area contributed by atoms with Crippen LogP contribution >= 0.6 is 11.8 Å². The third kappa shape index (κ3) is 10.0. The highest BCUT2D eigenvalue weighted by atomic mass is 32.2. The van der Waals surface area contributed by atoms with Gasteiger partial charge in [0.15, 0.2) is 0 Å². The van der Waals surface area contributed by atoms with Crippen LogP contribution in [0.3, 0.4) is 0 Å². The lowest BCUT2D eigenvalue weighted by Gasteiger charge is -2.21. The highest BCUT2D eigenvalue weighted by molar-refractivity contribution is 8.00. The lowest BCUT2D eigenvalue weighted by atomic mass is 9.98. The second-order valence-corrected chi connectivity index (χ2v) is 6.71. The van der Waals surface area contributed by atoms with E-state index in [1.54, 1.807) is 7.05 Å². The molecule has 0 fully saturated rings. The monoisotopic (exact) mass is 375 g/mol. The molecule has 0 aromatic heterocycles. The minimum absolute atomic E-state index is 0.0378. The number of thioether (sulfide) groups is 1. The quantitative estimate of drug-likeness (QED) is 0.247. The van der Waals surface area contributed by atoms with Crippen LogP contribution in [0.2, 0.25) is 0 Å². The molecule has 0 spiro atoms. The van der Waals surface area contributed by atoms with Crippen LogP contribution in [0, 0.1) is 5.92 Å². The van der Waals surface area contributed by atoms with Crippen molar-refractivity contribution in [2.24, 2.45) is 11.7 Å². The zero-order valence-corrected chi connectivity index (χ0v) is 16.0. The van der Waals surface area contributed by atoms with Crippen LogP contribution in [0.15, 0.2) is 0 Å². The van der Waals surface area contributed by atoms with Crippen LogP contribution < -0.4 is 27.2 Å². The van der Waals surface area contributed by atoms with Gasteiger partial charge in [0.1, 0.15) is 11.8 Å². The van der Waals surface area contributed by atoms with Crippen molar-refractivity contribution in [2.45, 2.75) is 39.3 Å². The van der Waals surface area contributed by atoms with E-state index in [4.69, 9.17) is 5.73 Å². The number of hydrazine groups is 1. The molecule has 0 radical (unpaired) electrons. The van der Waals surface area contributed by atoms with Crippen LogP contribution in [-0.4, -0.2) is 60.7 Å². The van der Waals surface area contributed by atoms with E-state index in [2.05, 4.69) is 21.5 Å². The molecule has 0 aliphatic carbocycles. The minimum atomic E-state index is -0.757. The van der Waals surface area contributed by atoms with Crippen molar-refractivity contribution in [3.8, 4) is 0 Å². The first-order valence-corrected chi connectivity index (χ1v) is 9.24. The van der Waals surface area contributed by atoms with Gasteiger partial charge in [0.05, 0.1) is 18.3 Å². The Balaban J connectivity index is 4.18. The molecule has 0 aliphatic rings. The molecule has 10 heteroatoms. The van der Waals surface area contributed by atoms with E-state index in [0.29, 0.717) is 12.2 Å². The summed E-state index contributed by atoms with van der Waals surface area (Å²) < 4.78 is 0. The normalized spacial score (nSPS) is 14.2. The second-order valence-electron chi connectivity index (χ2n) is 5.68. The minimum Gasteiger partial charge on any atom is -0.368 e. The number of nitrogens with two attached hydrogens (primary N) is 1. The van der Waals surface area contributed by atoms with Crippen molar-refractivity contribution in [3.05, 3.63) is 0 Å². The molecule has 0 saturated carbocycles. The number of Topliss-reactive ketones (excluding diaryl/α,β-unsaturated/α-hetero) is 1. The lowest BCUT2D eigenvalue weighted by Crippen LogP contribution is -2.51. The summed E-state index contributed by atoms with van der Waals surface area (Å²) >= 11 is 1.28. The zero-order valence-electron chi connectivity index (χ0n) is 15.2. The van der Waals surface area contributed by atoms with Gasteiger partial charge in [-0.25, -0.2) is 5.43 Å². The van der Waals surface area contributed by atoms with Gasteiger partial charge in [-0.15, -0.1) is 11.8 Å². The molecular weight excluding hydrogens is 346 g/mol. The Hall–Kier alpha value is -1.65. The van der Waals surface area contributed by atoms with Crippen molar-refractivity contribution in [1.82, 2.24) is 21.5 Å². The topological polar surface area (TPSA) is 142 Å². The maximum absolute atomic E-state index is 11.8. The maximum Gasteiger partial charge on any atom is 0.240 e. The number of ketones is 1. The Labute approximate surface area is 152 Å². The van der Waals surface area contributed by atoms with Gasteiger partial charge in [0, 0.05) is 5.75 Å². The van der Waals surface area contributed by atoms with Crippen molar-refractivity contribution in [3.63, 3.8) is 0 Å². The van der Waals surface area contributed by atoms with Crippen molar-refractivity contribution in [2.75, 3.05) is 25.1 Å². The van der Waals surface area contributed by atoms with Gasteiger partial charge in [0.2, 0.25) is 17.7 Å². The van der Waals surface area contributed by atoms with Gasteiger partial charge in [-0.3, -0.25) is 24.6 Å². The Kier molecular flexibility index (Phi) is 11.8. The molecule has 9 nitrogen and oxygen atoms in total. The van der Waals surface area contributed by atoms with E-state index in [9.17, 15) is 19.2 Å². The SMILES string of the molecule is CC[C@H](C)[C@H](NC(=O)CNC(=O)CSC[C@H](NNC)C(C)=O)C(N)=O. The van der Waals surface area contributed by atoms with Gasteiger partial charge < -0.3 is 16.4 Å². The predicted octanol–water partition coefficient (Wildman–Crippen LogP) is -1.47. The molecule has 0 heterocycles. The average Bonchev–Trinajstić information content (AvgIpc) is 2.55. The second kappa shape index (κ2) is 12.7. The van der Waals surface area contributed by atoms with Crippen molar-refractivity contribution in [1.29, 1.82) is 0 Å². The van der Waals surface area contributed by atoms with Gasteiger partial charge in [0.25, 0.3) is 0 Å². The summed E-state index contributed by atoms with van der Waals surface area (Å²) in [6, 6.07) is -1.15. The first-order chi connectivity index (χ1) is 11.7. The van der Waals surface area contributed by atoms with E-state index in [-0.39, 0.29) is 29.9 Å². The molecule has 0 saturated heterocycles. The molecular formula is C15H29N5O4S. The van der Waals surface area contributed by atoms with Crippen LogP contribution in [0.1, 0.15) is 27.2 Å². The predicted molar refractivity (Wildman–Crippen MR) is 97.6 cm³/mol. The van der Waals surface area contributed by atoms with E-state index in [1.165, 1.54) is 18.7 Å². The number of primary amides is 1. The molecule has 0 aromatic rings. The summed E-state index contributed by atoms with van der Waals surface area (Å²) in [6.07, 6.45) is 0.689. The van der Waals surface area contributed by atoms with Crippen molar-refractivity contribution < 1.29 is 19.2 Å². The number of hydrogen-bond acceptors (Lipinski definition) is 7. The van der Waals surface area contributed by atoms with Gasteiger partial charge in [-0.1, -0.05) is 20.3 Å². The van der Waals surface area contributed by atoms with Gasteiger partial charge in [-0.05, 0) is 19.9 Å². The molecule has 25 heavy (non-hydrogen) atoms. The summed E-state index contributed by atoms with van der Waals surface area (Å²) in [6.45, 7) is 4.94. The summed E-state index contributed by atoms with van der Waals surface area (Å²) in [5, 5.41) is 5.00. The standard InChI is InChI=1S/C15H29N5O4S/c1-5-9(2)14(15(16)24)19-12(22)6-18-13(23)8-25-7-11(10(3)21)20-17-4/h9,11,14,17,20H,5-8H2,1-4H3,(H2,16,24)(H,18,23)(H,19,22)/t9-,11-,14-/m0/s1. The molecule has 3 atom stereocenters. The lowest BCUT2D eigenvalue weighted by molar-refractivity contribution is -0.129. The zero-order chi connectivity index (χ0) is 19.4. The number of amides is 3. The first kappa shape index (κ1) is 23.4. The number of carbonyl (C=O) groups is 4. The fourth-order valence-electron chi connectivity index (χ4n) is 1.89. The Morgan fingerprint density at radius 2 is 1.80 bits per heavy atom. The van der Waals surface area contributed by atoms with Crippen LogP contribution in [0.5, 0.6) is 0 Å². The number of nitrogens with one attached hydrogen (secondary N) is 4. The van der Waals surface area contributed by atoms with Gasteiger partial charge >= 0.3 is 0 Å². The maximum atomic E-state index is 11.8. The summed E-state index contributed by atoms with van der Waals surface area (Å²) in [5.74, 6) is -0.982. The fraction of sp³-hybridized carbons (Fsp3) is 0.733. The van der Waals surface area contributed by atoms with E-state index >= 15 is 0 Å². The molecule has 0 aromatic carbocycles. The Bertz CT molecular complexity index is 475. The number of carbonyl (C=O) groups excluding carboxylic acids is 4. The molecule has 3 amide bonds. The smallest absolute Gasteiger partial charge is 0.240 e. The van der Waals surface area contributed by atoms with Crippen LogP contribution in [-0.2, 0) is 19.2 Å². The van der Waals surface area contributed by atoms with E-state index < -0.39 is 23.9 Å². The highest BCUT2D eigenvalue weighted by Crippen LogP contribution is 2.07.